The third-order valence-electron chi connectivity index (χ3n) is 4.38. The first-order valence-corrected chi connectivity index (χ1v) is 8.70. The predicted octanol–water partition coefficient (Wildman–Crippen LogP) is 2.47. The van der Waals surface area contributed by atoms with Gasteiger partial charge in [-0.15, -0.1) is 10.2 Å². The van der Waals surface area contributed by atoms with Crippen molar-refractivity contribution in [2.45, 2.75) is 26.2 Å². The van der Waals surface area contributed by atoms with Gasteiger partial charge in [-0.3, -0.25) is 4.79 Å². The molecule has 1 saturated heterocycles. The minimum absolute atomic E-state index is 0.191. The highest BCUT2D eigenvalue weighted by atomic mass is 32.1. The molecule has 0 atom stereocenters. The van der Waals surface area contributed by atoms with E-state index in [1.54, 1.807) is 11.3 Å². The number of aryl methyl sites for hydroxylation is 1. The summed E-state index contributed by atoms with van der Waals surface area (Å²) in [6.07, 6.45) is 0. The molecule has 0 spiro atoms. The lowest BCUT2D eigenvalue weighted by Gasteiger charge is -2.38. The number of anilines is 1. The number of benzene rings is 1. The monoisotopic (exact) mass is 330 g/mol. The van der Waals surface area contributed by atoms with Crippen LogP contribution >= 0.6 is 11.3 Å². The molecule has 0 bridgehead atoms. The van der Waals surface area contributed by atoms with Crippen LogP contribution in [0.4, 0.5) is 5.13 Å². The fraction of sp³-hybridized carbons (Fsp3) is 0.471. The Morgan fingerprint density at radius 2 is 1.74 bits per heavy atom. The number of piperazine rings is 1. The number of hydrogen-bond donors (Lipinski definition) is 0. The van der Waals surface area contributed by atoms with Gasteiger partial charge >= 0.3 is 0 Å². The predicted molar refractivity (Wildman–Crippen MR) is 92.9 cm³/mol. The average molecular weight is 330 g/mol. The Morgan fingerprint density at radius 3 is 2.30 bits per heavy atom. The van der Waals surface area contributed by atoms with E-state index in [1.165, 1.54) is 0 Å². The first-order chi connectivity index (χ1) is 11.0. The van der Waals surface area contributed by atoms with E-state index in [0.29, 0.717) is 0 Å². The topological polar surface area (TPSA) is 49.3 Å². The molecular weight excluding hydrogens is 308 g/mol. The molecule has 1 aromatic heterocycles. The van der Waals surface area contributed by atoms with E-state index in [2.05, 4.69) is 15.1 Å². The van der Waals surface area contributed by atoms with E-state index in [0.717, 1.165) is 41.9 Å². The summed E-state index contributed by atoms with van der Waals surface area (Å²) in [6, 6.07) is 10.0. The first kappa shape index (κ1) is 15.9. The molecule has 23 heavy (non-hydrogen) atoms. The Morgan fingerprint density at radius 1 is 1.09 bits per heavy atom. The molecule has 5 nitrogen and oxygen atoms in total. The molecule has 0 radical (unpaired) electrons. The second-order valence-corrected chi connectivity index (χ2v) is 7.53. The summed E-state index contributed by atoms with van der Waals surface area (Å²) in [6.45, 7) is 9.05. The van der Waals surface area contributed by atoms with Crippen LogP contribution in [-0.4, -0.2) is 47.2 Å². The SMILES string of the molecule is Cc1nnc(N2CCN(C(=O)C(C)(C)c3ccccc3)CC2)s1. The van der Waals surface area contributed by atoms with Crippen LogP contribution in [0.25, 0.3) is 0 Å². The highest BCUT2D eigenvalue weighted by Gasteiger charge is 2.35. The maximum atomic E-state index is 12.9. The zero-order valence-electron chi connectivity index (χ0n) is 13.8. The van der Waals surface area contributed by atoms with Gasteiger partial charge in [0.25, 0.3) is 0 Å². The molecule has 1 aliphatic rings. The van der Waals surface area contributed by atoms with E-state index in [-0.39, 0.29) is 5.91 Å². The molecule has 6 heteroatoms. The van der Waals surface area contributed by atoms with Crippen LogP contribution in [0.2, 0.25) is 0 Å². The molecule has 122 valence electrons. The maximum Gasteiger partial charge on any atom is 0.232 e. The summed E-state index contributed by atoms with van der Waals surface area (Å²) in [7, 11) is 0. The van der Waals surface area contributed by atoms with Gasteiger partial charge in [0.15, 0.2) is 0 Å². The Hall–Kier alpha value is -1.95. The van der Waals surface area contributed by atoms with E-state index in [9.17, 15) is 4.79 Å². The van der Waals surface area contributed by atoms with Gasteiger partial charge in [-0.1, -0.05) is 41.7 Å². The van der Waals surface area contributed by atoms with Crippen molar-refractivity contribution >= 4 is 22.4 Å². The maximum absolute atomic E-state index is 12.9. The van der Waals surface area contributed by atoms with Crippen molar-refractivity contribution in [1.82, 2.24) is 15.1 Å². The quantitative estimate of drug-likeness (QED) is 0.867. The molecule has 0 N–H and O–H groups in total. The summed E-state index contributed by atoms with van der Waals surface area (Å²) >= 11 is 1.61. The molecule has 2 aromatic rings. The first-order valence-electron chi connectivity index (χ1n) is 7.88. The second kappa shape index (κ2) is 6.28. The van der Waals surface area contributed by atoms with Crippen molar-refractivity contribution in [1.29, 1.82) is 0 Å². The summed E-state index contributed by atoms with van der Waals surface area (Å²) < 4.78 is 0. The van der Waals surface area contributed by atoms with Gasteiger partial charge < -0.3 is 9.80 Å². The Bertz CT molecular complexity index is 675. The second-order valence-electron chi connectivity index (χ2n) is 6.37. The van der Waals surface area contributed by atoms with Crippen LogP contribution in [-0.2, 0) is 10.2 Å². The van der Waals surface area contributed by atoms with Gasteiger partial charge in [0.05, 0.1) is 5.41 Å². The highest BCUT2D eigenvalue weighted by Crippen LogP contribution is 2.27. The van der Waals surface area contributed by atoms with Crippen LogP contribution < -0.4 is 4.90 Å². The van der Waals surface area contributed by atoms with Gasteiger partial charge in [-0.05, 0) is 26.3 Å². The minimum atomic E-state index is -0.497. The molecule has 0 saturated carbocycles. The zero-order chi connectivity index (χ0) is 16.4. The molecule has 1 aliphatic heterocycles. The Balaban J connectivity index is 1.66. The number of aromatic nitrogens is 2. The smallest absolute Gasteiger partial charge is 0.232 e. The Labute approximate surface area is 140 Å². The van der Waals surface area contributed by atoms with E-state index in [4.69, 9.17) is 0 Å². The van der Waals surface area contributed by atoms with E-state index in [1.807, 2.05) is 56.0 Å². The minimum Gasteiger partial charge on any atom is -0.343 e. The lowest BCUT2D eigenvalue weighted by atomic mass is 9.83. The third kappa shape index (κ3) is 3.22. The third-order valence-corrected chi connectivity index (χ3v) is 5.28. The lowest BCUT2D eigenvalue weighted by Crippen LogP contribution is -2.53. The molecule has 1 fully saturated rings. The number of hydrogen-bond acceptors (Lipinski definition) is 5. The largest absolute Gasteiger partial charge is 0.343 e. The van der Waals surface area contributed by atoms with Gasteiger partial charge in [-0.2, -0.15) is 0 Å². The summed E-state index contributed by atoms with van der Waals surface area (Å²) in [4.78, 5) is 17.1. The van der Waals surface area contributed by atoms with Gasteiger partial charge in [0.2, 0.25) is 11.0 Å². The van der Waals surface area contributed by atoms with Crippen LogP contribution in [0.5, 0.6) is 0 Å². The van der Waals surface area contributed by atoms with Crippen LogP contribution in [0.3, 0.4) is 0 Å². The normalized spacial score (nSPS) is 15.8. The molecule has 3 rings (SSSR count). The molecule has 0 aliphatic carbocycles. The zero-order valence-corrected chi connectivity index (χ0v) is 14.6. The van der Waals surface area contributed by atoms with Gasteiger partial charge in [-0.25, -0.2) is 0 Å². The Kier molecular flexibility index (Phi) is 4.35. The van der Waals surface area contributed by atoms with Crippen molar-refractivity contribution < 1.29 is 4.79 Å². The number of amides is 1. The highest BCUT2D eigenvalue weighted by molar-refractivity contribution is 7.15. The van der Waals surface area contributed by atoms with Crippen LogP contribution in [0, 0.1) is 6.92 Å². The summed E-state index contributed by atoms with van der Waals surface area (Å²) in [5.74, 6) is 0.191. The fourth-order valence-corrected chi connectivity index (χ4v) is 3.63. The molecule has 2 heterocycles. The molecular formula is C17H22N4OS. The number of rotatable bonds is 3. The number of carbonyl (C=O) groups is 1. The summed E-state index contributed by atoms with van der Waals surface area (Å²) in [5.41, 5.74) is 0.565. The summed E-state index contributed by atoms with van der Waals surface area (Å²) in [5, 5.41) is 10.2. The van der Waals surface area contributed by atoms with Crippen molar-refractivity contribution in [2.75, 3.05) is 31.1 Å². The van der Waals surface area contributed by atoms with Gasteiger partial charge in [0.1, 0.15) is 5.01 Å². The number of nitrogens with zero attached hydrogens (tertiary/aromatic N) is 4. The molecule has 0 unspecified atom stereocenters. The van der Waals surface area contributed by atoms with Crippen molar-refractivity contribution in [3.05, 3.63) is 40.9 Å². The fourth-order valence-electron chi connectivity index (χ4n) is 2.89. The van der Waals surface area contributed by atoms with Gasteiger partial charge in [0, 0.05) is 26.2 Å². The van der Waals surface area contributed by atoms with E-state index >= 15 is 0 Å². The lowest BCUT2D eigenvalue weighted by molar-refractivity contribution is -0.136. The van der Waals surface area contributed by atoms with Crippen LogP contribution in [0.1, 0.15) is 24.4 Å². The average Bonchev–Trinajstić information content (AvgIpc) is 3.01. The van der Waals surface area contributed by atoms with Crippen LogP contribution in [0.15, 0.2) is 30.3 Å². The van der Waals surface area contributed by atoms with Crippen molar-refractivity contribution in [3.63, 3.8) is 0 Å². The standard InChI is InChI=1S/C17H22N4OS/c1-13-18-19-16(23-13)21-11-9-20(10-12-21)15(22)17(2,3)14-7-5-4-6-8-14/h4-8H,9-12H2,1-3H3. The van der Waals surface area contributed by atoms with Crippen molar-refractivity contribution in [3.8, 4) is 0 Å². The molecule has 1 amide bonds. The van der Waals surface area contributed by atoms with Crippen molar-refractivity contribution in [2.24, 2.45) is 0 Å². The molecule has 1 aromatic carbocycles. The van der Waals surface area contributed by atoms with E-state index < -0.39 is 5.41 Å². The number of carbonyl (C=O) groups excluding carboxylic acids is 1.